The number of aromatic nitrogens is 2. The molecule has 0 spiro atoms. The fraction of sp³-hybridized carbons (Fsp3) is 0.250. The molecule has 5 nitrogen and oxygen atoms in total. The van der Waals surface area contributed by atoms with Gasteiger partial charge in [0.25, 0.3) is 5.56 Å². The minimum Gasteiger partial charge on any atom is -0.469 e. The van der Waals surface area contributed by atoms with E-state index in [1.54, 1.807) is 18.3 Å². The molecule has 5 heteroatoms. The molecule has 2 rings (SSSR count). The first-order valence-electron chi connectivity index (χ1n) is 5.24. The van der Waals surface area contributed by atoms with Crippen LogP contribution in [-0.4, -0.2) is 22.9 Å². The fourth-order valence-corrected chi connectivity index (χ4v) is 1.59. The Morgan fingerprint density at radius 1 is 1.41 bits per heavy atom. The lowest BCUT2D eigenvalue weighted by atomic mass is 10.2. The molecule has 1 aromatic carbocycles. The zero-order valence-electron chi connectivity index (χ0n) is 9.42. The molecule has 0 amide bonds. The van der Waals surface area contributed by atoms with Crippen molar-refractivity contribution in [3.05, 3.63) is 40.8 Å². The molecule has 0 saturated heterocycles. The number of aryl methyl sites for hydroxylation is 1. The Morgan fingerprint density at radius 3 is 2.94 bits per heavy atom. The van der Waals surface area contributed by atoms with Gasteiger partial charge >= 0.3 is 5.97 Å². The van der Waals surface area contributed by atoms with Gasteiger partial charge in [0.2, 0.25) is 0 Å². The van der Waals surface area contributed by atoms with Crippen molar-refractivity contribution in [2.75, 3.05) is 7.11 Å². The van der Waals surface area contributed by atoms with Gasteiger partial charge in [-0.15, -0.1) is 0 Å². The largest absolute Gasteiger partial charge is 0.469 e. The topological polar surface area (TPSA) is 61.2 Å². The summed E-state index contributed by atoms with van der Waals surface area (Å²) in [5.74, 6) is -0.355. The molecular weight excluding hydrogens is 220 g/mol. The monoisotopic (exact) mass is 232 g/mol. The van der Waals surface area contributed by atoms with Gasteiger partial charge in [0, 0.05) is 5.39 Å². The predicted molar refractivity (Wildman–Crippen MR) is 62.6 cm³/mol. The second-order valence-corrected chi connectivity index (χ2v) is 3.59. The van der Waals surface area contributed by atoms with Crippen molar-refractivity contribution in [1.29, 1.82) is 0 Å². The molecule has 0 bridgehead atoms. The normalized spacial score (nSPS) is 10.4. The van der Waals surface area contributed by atoms with Crippen LogP contribution in [0.5, 0.6) is 0 Å². The zero-order chi connectivity index (χ0) is 12.3. The van der Waals surface area contributed by atoms with Gasteiger partial charge in [0.1, 0.15) is 0 Å². The third-order valence-electron chi connectivity index (χ3n) is 2.52. The molecule has 0 unspecified atom stereocenters. The number of nitrogens with zero attached hydrogens (tertiary/aromatic N) is 2. The zero-order valence-corrected chi connectivity index (χ0v) is 9.42. The Kier molecular flexibility index (Phi) is 3.18. The van der Waals surface area contributed by atoms with Crippen LogP contribution in [0.25, 0.3) is 10.8 Å². The molecule has 0 aliphatic rings. The number of esters is 1. The number of hydrogen-bond donors (Lipinski definition) is 0. The van der Waals surface area contributed by atoms with E-state index in [-0.39, 0.29) is 24.5 Å². The summed E-state index contributed by atoms with van der Waals surface area (Å²) < 4.78 is 5.79. The minimum atomic E-state index is -0.355. The number of fused-ring (bicyclic) bond motifs is 1. The van der Waals surface area contributed by atoms with Crippen molar-refractivity contribution in [3.8, 4) is 0 Å². The van der Waals surface area contributed by atoms with E-state index in [2.05, 4.69) is 9.84 Å². The number of methoxy groups -OCH3 is 1. The molecule has 17 heavy (non-hydrogen) atoms. The van der Waals surface area contributed by atoms with Crippen LogP contribution < -0.4 is 5.56 Å². The summed E-state index contributed by atoms with van der Waals surface area (Å²) in [6.45, 7) is 0.232. The van der Waals surface area contributed by atoms with Gasteiger partial charge in [0.15, 0.2) is 0 Å². The van der Waals surface area contributed by atoms with E-state index in [1.807, 2.05) is 12.1 Å². The third kappa shape index (κ3) is 2.33. The number of rotatable bonds is 3. The lowest BCUT2D eigenvalue weighted by Crippen LogP contribution is -2.24. The van der Waals surface area contributed by atoms with Crippen LogP contribution in [0.4, 0.5) is 0 Å². The quantitative estimate of drug-likeness (QED) is 0.739. The van der Waals surface area contributed by atoms with E-state index >= 15 is 0 Å². The van der Waals surface area contributed by atoms with E-state index in [9.17, 15) is 9.59 Å². The van der Waals surface area contributed by atoms with Gasteiger partial charge in [-0.3, -0.25) is 9.59 Å². The second-order valence-electron chi connectivity index (χ2n) is 3.59. The average Bonchev–Trinajstić information content (AvgIpc) is 2.38. The lowest BCUT2D eigenvalue weighted by Gasteiger charge is -2.04. The molecule has 2 aromatic rings. The highest BCUT2D eigenvalue weighted by Crippen LogP contribution is 2.06. The highest BCUT2D eigenvalue weighted by atomic mass is 16.5. The summed E-state index contributed by atoms with van der Waals surface area (Å²) in [5.41, 5.74) is -0.188. The molecule has 0 fully saturated rings. The summed E-state index contributed by atoms with van der Waals surface area (Å²) in [6, 6.07) is 7.22. The SMILES string of the molecule is COC(=O)CCn1ncc2ccccc2c1=O. The molecule has 88 valence electrons. The van der Waals surface area contributed by atoms with Crippen LogP contribution in [0, 0.1) is 0 Å². The molecule has 0 N–H and O–H groups in total. The van der Waals surface area contributed by atoms with Crippen molar-refractivity contribution in [1.82, 2.24) is 9.78 Å². The number of hydrogen-bond acceptors (Lipinski definition) is 4. The Bertz CT molecular complexity index is 604. The van der Waals surface area contributed by atoms with Crippen molar-refractivity contribution >= 4 is 16.7 Å². The minimum absolute atomic E-state index is 0.141. The first-order chi connectivity index (χ1) is 8.22. The maximum atomic E-state index is 12.0. The third-order valence-corrected chi connectivity index (χ3v) is 2.52. The van der Waals surface area contributed by atoms with Gasteiger partial charge in [-0.2, -0.15) is 5.10 Å². The van der Waals surface area contributed by atoms with Crippen molar-refractivity contribution in [2.45, 2.75) is 13.0 Å². The second kappa shape index (κ2) is 4.78. The summed E-state index contributed by atoms with van der Waals surface area (Å²) in [4.78, 5) is 23.0. The van der Waals surface area contributed by atoms with Gasteiger partial charge in [-0.25, -0.2) is 4.68 Å². The van der Waals surface area contributed by atoms with Crippen LogP contribution in [0.1, 0.15) is 6.42 Å². The van der Waals surface area contributed by atoms with Gasteiger partial charge in [-0.1, -0.05) is 18.2 Å². The highest BCUT2D eigenvalue weighted by Gasteiger charge is 2.06. The Balaban J connectivity index is 2.33. The molecule has 0 atom stereocenters. The van der Waals surface area contributed by atoms with Crippen molar-refractivity contribution in [3.63, 3.8) is 0 Å². The fourth-order valence-electron chi connectivity index (χ4n) is 1.59. The van der Waals surface area contributed by atoms with E-state index in [1.165, 1.54) is 11.8 Å². The maximum absolute atomic E-state index is 12.0. The molecular formula is C12H12N2O3. The van der Waals surface area contributed by atoms with E-state index in [0.29, 0.717) is 5.39 Å². The smallest absolute Gasteiger partial charge is 0.307 e. The Morgan fingerprint density at radius 2 is 2.18 bits per heavy atom. The van der Waals surface area contributed by atoms with Gasteiger partial charge in [-0.05, 0) is 6.07 Å². The first-order valence-corrected chi connectivity index (χ1v) is 5.24. The summed E-state index contributed by atoms with van der Waals surface area (Å²) in [5, 5.41) is 5.41. The molecule has 0 saturated carbocycles. The molecule has 1 aromatic heterocycles. The van der Waals surface area contributed by atoms with Crippen LogP contribution in [-0.2, 0) is 16.1 Å². The van der Waals surface area contributed by atoms with Gasteiger partial charge in [0.05, 0.1) is 31.7 Å². The van der Waals surface area contributed by atoms with E-state index in [0.717, 1.165) is 5.39 Å². The first kappa shape index (κ1) is 11.3. The predicted octanol–water partition coefficient (Wildman–Crippen LogP) is 0.960. The van der Waals surface area contributed by atoms with E-state index in [4.69, 9.17) is 0 Å². The average molecular weight is 232 g/mol. The lowest BCUT2D eigenvalue weighted by molar-refractivity contribution is -0.140. The maximum Gasteiger partial charge on any atom is 0.307 e. The summed E-state index contributed by atoms with van der Waals surface area (Å²) in [7, 11) is 1.32. The molecule has 0 radical (unpaired) electrons. The number of carbonyl (C=O) groups excluding carboxylic acids is 1. The van der Waals surface area contributed by atoms with Crippen LogP contribution in [0.15, 0.2) is 35.3 Å². The molecule has 1 heterocycles. The number of benzene rings is 1. The van der Waals surface area contributed by atoms with Crippen molar-refractivity contribution < 1.29 is 9.53 Å². The highest BCUT2D eigenvalue weighted by molar-refractivity contribution is 5.80. The summed E-state index contributed by atoms with van der Waals surface area (Å²) >= 11 is 0. The van der Waals surface area contributed by atoms with Crippen LogP contribution >= 0.6 is 0 Å². The van der Waals surface area contributed by atoms with Gasteiger partial charge < -0.3 is 4.74 Å². The Hall–Kier alpha value is -2.17. The molecule has 0 aliphatic carbocycles. The van der Waals surface area contributed by atoms with Crippen LogP contribution in [0.3, 0.4) is 0 Å². The van der Waals surface area contributed by atoms with Crippen molar-refractivity contribution in [2.24, 2.45) is 0 Å². The van der Waals surface area contributed by atoms with Crippen LogP contribution in [0.2, 0.25) is 0 Å². The Labute approximate surface area is 97.6 Å². The molecule has 0 aliphatic heterocycles. The summed E-state index contributed by atoms with van der Waals surface area (Å²) in [6.07, 6.45) is 1.76. The number of ether oxygens (including phenoxy) is 1. The standard InChI is InChI=1S/C12H12N2O3/c1-17-11(15)6-7-14-12(16)10-5-3-2-4-9(10)8-13-14/h2-5,8H,6-7H2,1H3. The number of carbonyl (C=O) groups is 1. The van der Waals surface area contributed by atoms with E-state index < -0.39 is 0 Å².